The maximum absolute atomic E-state index is 13.1. The van der Waals surface area contributed by atoms with Crippen LogP contribution in [0.4, 0.5) is 4.39 Å². The van der Waals surface area contributed by atoms with E-state index in [-0.39, 0.29) is 23.9 Å². The van der Waals surface area contributed by atoms with E-state index >= 15 is 0 Å². The van der Waals surface area contributed by atoms with Crippen LogP contribution in [0, 0.1) is 5.82 Å². The van der Waals surface area contributed by atoms with E-state index in [2.05, 4.69) is 10.2 Å². The Bertz CT molecular complexity index is 456. The van der Waals surface area contributed by atoms with Crippen molar-refractivity contribution in [3.8, 4) is 0 Å². The zero-order valence-corrected chi connectivity index (χ0v) is 12.6. The van der Waals surface area contributed by atoms with Gasteiger partial charge in [0, 0.05) is 6.61 Å². The van der Waals surface area contributed by atoms with Crippen LogP contribution in [0.1, 0.15) is 30.9 Å². The molecule has 0 aliphatic carbocycles. The highest BCUT2D eigenvalue weighted by molar-refractivity contribution is 5.81. The van der Waals surface area contributed by atoms with Crippen LogP contribution in [0.3, 0.4) is 0 Å². The molecule has 1 aromatic rings. The molecule has 1 saturated heterocycles. The molecule has 0 unspecified atom stereocenters. The topological polar surface area (TPSA) is 41.6 Å². The summed E-state index contributed by atoms with van der Waals surface area (Å²) in [6.07, 6.45) is 2.14. The Morgan fingerprint density at radius 3 is 2.71 bits per heavy atom. The van der Waals surface area contributed by atoms with Gasteiger partial charge in [-0.25, -0.2) is 4.39 Å². The Labute approximate surface area is 125 Å². The second kappa shape index (κ2) is 7.52. The van der Waals surface area contributed by atoms with Crippen LogP contribution < -0.4 is 5.32 Å². The highest BCUT2D eigenvalue weighted by Gasteiger charge is 2.26. The Morgan fingerprint density at radius 1 is 1.43 bits per heavy atom. The van der Waals surface area contributed by atoms with E-state index in [1.807, 2.05) is 14.1 Å². The Balaban J connectivity index is 2.03. The third-order valence-electron chi connectivity index (χ3n) is 3.68. The average molecular weight is 294 g/mol. The highest BCUT2D eigenvalue weighted by Crippen LogP contribution is 2.20. The van der Waals surface area contributed by atoms with Crippen molar-refractivity contribution in [1.82, 2.24) is 10.2 Å². The smallest absolute Gasteiger partial charge is 0.249 e. The molecule has 1 amide bonds. The molecular weight excluding hydrogens is 271 g/mol. The van der Waals surface area contributed by atoms with Crippen molar-refractivity contribution in [2.75, 3.05) is 27.2 Å². The van der Waals surface area contributed by atoms with Crippen molar-refractivity contribution >= 4 is 5.91 Å². The van der Waals surface area contributed by atoms with Crippen LogP contribution in [-0.2, 0) is 9.53 Å². The van der Waals surface area contributed by atoms with Gasteiger partial charge in [-0.1, -0.05) is 12.1 Å². The Morgan fingerprint density at radius 2 is 2.14 bits per heavy atom. The summed E-state index contributed by atoms with van der Waals surface area (Å²) in [7, 11) is 3.98. The summed E-state index contributed by atoms with van der Waals surface area (Å²) >= 11 is 0. The van der Waals surface area contributed by atoms with Gasteiger partial charge in [-0.2, -0.15) is 0 Å². The lowest BCUT2D eigenvalue weighted by Crippen LogP contribution is -2.37. The number of hydrogen-bond acceptors (Lipinski definition) is 3. The van der Waals surface area contributed by atoms with Gasteiger partial charge in [0.15, 0.2) is 0 Å². The number of hydrogen-bond donors (Lipinski definition) is 1. The zero-order chi connectivity index (χ0) is 15.2. The largest absolute Gasteiger partial charge is 0.368 e. The lowest BCUT2D eigenvalue weighted by molar-refractivity contribution is -0.130. The maximum atomic E-state index is 13.1. The van der Waals surface area contributed by atoms with Crippen LogP contribution in [-0.4, -0.2) is 44.2 Å². The molecule has 1 aromatic carbocycles. The van der Waals surface area contributed by atoms with Gasteiger partial charge in [0.1, 0.15) is 11.9 Å². The zero-order valence-electron chi connectivity index (χ0n) is 12.6. The molecule has 0 radical (unpaired) electrons. The predicted octanol–water partition coefficient (Wildman–Crippen LogP) is 2.11. The van der Waals surface area contributed by atoms with Crippen molar-refractivity contribution in [3.63, 3.8) is 0 Å². The molecule has 116 valence electrons. The van der Waals surface area contributed by atoms with Gasteiger partial charge >= 0.3 is 0 Å². The Hall–Kier alpha value is -1.46. The molecule has 1 aliphatic rings. The highest BCUT2D eigenvalue weighted by atomic mass is 19.1. The number of ether oxygens (including phenoxy) is 1. The third kappa shape index (κ3) is 4.79. The summed E-state index contributed by atoms with van der Waals surface area (Å²) in [5.74, 6) is -0.337. The van der Waals surface area contributed by atoms with Crippen molar-refractivity contribution in [2.45, 2.75) is 31.4 Å². The van der Waals surface area contributed by atoms with Crippen LogP contribution in [0.5, 0.6) is 0 Å². The fraction of sp³-hybridized carbons (Fsp3) is 0.562. The lowest BCUT2D eigenvalue weighted by Gasteiger charge is -2.22. The summed E-state index contributed by atoms with van der Waals surface area (Å²) in [5, 5.41) is 3.04. The summed E-state index contributed by atoms with van der Waals surface area (Å²) in [5.41, 5.74) is 0.921. The first kappa shape index (κ1) is 15.9. The number of carbonyl (C=O) groups excluding carboxylic acids is 1. The SMILES string of the molecule is CN(C)CC[C@@H](NC(=O)[C@H]1CCCO1)c1ccc(F)cc1. The van der Waals surface area contributed by atoms with Crippen molar-refractivity contribution in [3.05, 3.63) is 35.6 Å². The minimum absolute atomic E-state index is 0.0689. The van der Waals surface area contributed by atoms with Gasteiger partial charge in [0.05, 0.1) is 6.04 Å². The monoisotopic (exact) mass is 294 g/mol. The van der Waals surface area contributed by atoms with Crippen LogP contribution in [0.2, 0.25) is 0 Å². The minimum atomic E-state index is -0.340. The second-order valence-corrected chi connectivity index (χ2v) is 5.71. The fourth-order valence-electron chi connectivity index (χ4n) is 2.45. The Kier molecular flexibility index (Phi) is 5.70. The average Bonchev–Trinajstić information content (AvgIpc) is 2.98. The third-order valence-corrected chi connectivity index (χ3v) is 3.68. The van der Waals surface area contributed by atoms with Gasteiger partial charge in [0.2, 0.25) is 5.91 Å². The minimum Gasteiger partial charge on any atom is -0.368 e. The number of amides is 1. The molecule has 5 heteroatoms. The van der Waals surface area contributed by atoms with Gasteiger partial charge < -0.3 is 15.0 Å². The van der Waals surface area contributed by atoms with Gasteiger partial charge in [-0.3, -0.25) is 4.79 Å². The summed E-state index contributed by atoms with van der Waals surface area (Å²) in [6, 6.07) is 6.19. The first-order valence-electron chi connectivity index (χ1n) is 7.38. The van der Waals surface area contributed by atoms with Crippen molar-refractivity contribution < 1.29 is 13.9 Å². The van der Waals surface area contributed by atoms with Crippen LogP contribution in [0.15, 0.2) is 24.3 Å². The molecule has 1 aliphatic heterocycles. The molecule has 0 spiro atoms. The predicted molar refractivity (Wildman–Crippen MR) is 79.4 cm³/mol. The first-order chi connectivity index (χ1) is 10.1. The molecule has 2 rings (SSSR count). The van der Waals surface area contributed by atoms with E-state index in [0.29, 0.717) is 6.61 Å². The number of rotatable bonds is 6. The maximum Gasteiger partial charge on any atom is 0.249 e. The van der Waals surface area contributed by atoms with Gasteiger partial charge in [0.25, 0.3) is 0 Å². The van der Waals surface area contributed by atoms with Crippen LogP contribution in [0.25, 0.3) is 0 Å². The van der Waals surface area contributed by atoms with E-state index in [4.69, 9.17) is 4.74 Å². The van der Waals surface area contributed by atoms with E-state index in [1.165, 1.54) is 12.1 Å². The van der Waals surface area contributed by atoms with Gasteiger partial charge in [-0.05, 0) is 57.6 Å². The first-order valence-corrected chi connectivity index (χ1v) is 7.38. The quantitative estimate of drug-likeness (QED) is 0.874. The molecule has 0 bridgehead atoms. The van der Waals surface area contributed by atoms with E-state index in [0.717, 1.165) is 31.4 Å². The molecule has 4 nitrogen and oxygen atoms in total. The molecule has 1 heterocycles. The number of nitrogens with zero attached hydrogens (tertiary/aromatic N) is 1. The number of nitrogens with one attached hydrogen (secondary N) is 1. The molecular formula is C16H23FN2O2. The molecule has 21 heavy (non-hydrogen) atoms. The van der Waals surface area contributed by atoms with Crippen molar-refractivity contribution in [2.24, 2.45) is 0 Å². The molecule has 0 saturated carbocycles. The standard InChI is InChI=1S/C16H23FN2O2/c1-19(2)10-9-14(12-5-7-13(17)8-6-12)18-16(20)15-4-3-11-21-15/h5-8,14-15H,3-4,9-11H2,1-2H3,(H,18,20)/t14-,15-/m1/s1. The fourth-order valence-corrected chi connectivity index (χ4v) is 2.45. The summed E-state index contributed by atoms with van der Waals surface area (Å²) in [6.45, 7) is 1.49. The lowest BCUT2D eigenvalue weighted by atomic mass is 10.0. The van der Waals surface area contributed by atoms with Crippen molar-refractivity contribution in [1.29, 1.82) is 0 Å². The molecule has 0 aromatic heterocycles. The molecule has 2 atom stereocenters. The summed E-state index contributed by atoms with van der Waals surface area (Å²) in [4.78, 5) is 14.3. The van der Waals surface area contributed by atoms with Crippen LogP contribution >= 0.6 is 0 Å². The normalized spacial score (nSPS) is 19.7. The molecule has 1 fully saturated rings. The van der Waals surface area contributed by atoms with Gasteiger partial charge in [-0.15, -0.1) is 0 Å². The number of halogens is 1. The number of carbonyl (C=O) groups is 1. The molecule has 1 N–H and O–H groups in total. The van der Waals surface area contributed by atoms with E-state index < -0.39 is 0 Å². The summed E-state index contributed by atoms with van der Waals surface area (Å²) < 4.78 is 18.5. The number of benzene rings is 1. The second-order valence-electron chi connectivity index (χ2n) is 5.71. The van der Waals surface area contributed by atoms with E-state index in [1.54, 1.807) is 12.1 Å². The van der Waals surface area contributed by atoms with E-state index in [9.17, 15) is 9.18 Å².